The Kier molecular flexibility index (Phi) is 5.17. The molecule has 3 aromatic carbocycles. The molecule has 32 heavy (non-hydrogen) atoms. The van der Waals surface area contributed by atoms with Crippen LogP contribution in [0.5, 0.6) is 0 Å². The fourth-order valence-corrected chi connectivity index (χ4v) is 4.00. The van der Waals surface area contributed by atoms with Crippen molar-refractivity contribution in [3.05, 3.63) is 105 Å². The van der Waals surface area contributed by atoms with Crippen molar-refractivity contribution in [2.24, 2.45) is 5.10 Å². The van der Waals surface area contributed by atoms with E-state index in [0.29, 0.717) is 28.0 Å². The number of carbonyl (C=O) groups is 1. The Morgan fingerprint density at radius 1 is 1.00 bits per heavy atom. The second-order valence-corrected chi connectivity index (χ2v) is 8.07. The number of aromatic amines is 1. The highest BCUT2D eigenvalue weighted by atomic mass is 79.9. The largest absolute Gasteiger partial charge is 0.422 e. The number of H-pyrrole nitrogens is 1. The van der Waals surface area contributed by atoms with Gasteiger partial charge in [-0.1, -0.05) is 58.4 Å². The molecule has 5 rings (SSSR count). The molecule has 1 amide bonds. The molecule has 2 heterocycles. The third-order valence-electron chi connectivity index (χ3n) is 5.10. The molecular weight excluding hydrogens is 470 g/mol. The molecule has 0 fully saturated rings. The van der Waals surface area contributed by atoms with Crippen LogP contribution >= 0.6 is 15.9 Å². The predicted octanol–water partition coefficient (Wildman–Crippen LogP) is 5.47. The molecule has 2 aromatic heterocycles. The SMILES string of the molecule is O=C(N/N=C/c1c(-c2cc3ccccc3oc2=O)[nH]c2ccccc12)c1cccc(Br)c1. The number of hydrazone groups is 1. The van der Waals surface area contributed by atoms with Gasteiger partial charge in [0.15, 0.2) is 0 Å². The molecule has 0 unspecified atom stereocenters. The minimum absolute atomic E-state index is 0.339. The first-order valence-electron chi connectivity index (χ1n) is 9.83. The van der Waals surface area contributed by atoms with Crippen molar-refractivity contribution in [3.63, 3.8) is 0 Å². The Labute approximate surface area is 190 Å². The van der Waals surface area contributed by atoms with Gasteiger partial charge in [-0.25, -0.2) is 10.2 Å². The van der Waals surface area contributed by atoms with Crippen LogP contribution in [0.2, 0.25) is 0 Å². The molecule has 0 aliphatic heterocycles. The molecule has 0 saturated heterocycles. The quantitative estimate of drug-likeness (QED) is 0.201. The number of halogens is 1. The maximum absolute atomic E-state index is 12.8. The summed E-state index contributed by atoms with van der Waals surface area (Å²) in [7, 11) is 0. The van der Waals surface area contributed by atoms with Crippen LogP contribution in [0, 0.1) is 0 Å². The Bertz CT molecular complexity index is 1570. The van der Waals surface area contributed by atoms with Gasteiger partial charge in [-0.05, 0) is 36.4 Å². The van der Waals surface area contributed by atoms with E-state index in [9.17, 15) is 9.59 Å². The van der Waals surface area contributed by atoms with Gasteiger partial charge < -0.3 is 9.40 Å². The van der Waals surface area contributed by atoms with Gasteiger partial charge in [-0.3, -0.25) is 4.79 Å². The van der Waals surface area contributed by atoms with E-state index >= 15 is 0 Å². The molecule has 0 spiro atoms. The van der Waals surface area contributed by atoms with Crippen molar-refractivity contribution in [2.75, 3.05) is 0 Å². The van der Waals surface area contributed by atoms with Crippen LogP contribution in [0.4, 0.5) is 0 Å². The zero-order chi connectivity index (χ0) is 22.1. The van der Waals surface area contributed by atoms with E-state index in [0.717, 1.165) is 20.8 Å². The molecule has 7 heteroatoms. The number of hydrogen-bond acceptors (Lipinski definition) is 4. The Balaban J connectivity index is 1.57. The first-order chi connectivity index (χ1) is 15.6. The number of fused-ring (bicyclic) bond motifs is 2. The minimum atomic E-state index is -0.455. The lowest BCUT2D eigenvalue weighted by atomic mass is 10.1. The molecule has 0 saturated carbocycles. The van der Waals surface area contributed by atoms with E-state index in [1.165, 1.54) is 0 Å². The molecule has 0 aliphatic rings. The molecule has 0 atom stereocenters. The Morgan fingerprint density at radius 2 is 1.81 bits per heavy atom. The summed E-state index contributed by atoms with van der Waals surface area (Å²) < 4.78 is 6.32. The molecule has 0 aliphatic carbocycles. The highest BCUT2D eigenvalue weighted by Crippen LogP contribution is 2.29. The topological polar surface area (TPSA) is 87.5 Å². The average molecular weight is 486 g/mol. The Hall–Kier alpha value is -3.97. The van der Waals surface area contributed by atoms with Crippen molar-refractivity contribution in [1.82, 2.24) is 10.4 Å². The fraction of sp³-hybridized carbons (Fsp3) is 0. The standard InChI is InChI=1S/C25H16BrN3O3/c26-17-8-5-7-16(12-17)24(30)29-27-14-20-18-9-2-3-10-21(18)28-23(20)19-13-15-6-1-4-11-22(15)32-25(19)31/h1-14,28H,(H,29,30)/b27-14+. The molecule has 6 nitrogen and oxygen atoms in total. The summed E-state index contributed by atoms with van der Waals surface area (Å²) in [4.78, 5) is 28.5. The molecule has 0 bridgehead atoms. The summed E-state index contributed by atoms with van der Waals surface area (Å²) in [6.45, 7) is 0. The van der Waals surface area contributed by atoms with Crippen molar-refractivity contribution in [3.8, 4) is 11.3 Å². The normalized spacial score (nSPS) is 11.4. The van der Waals surface area contributed by atoms with Crippen LogP contribution in [0.3, 0.4) is 0 Å². The van der Waals surface area contributed by atoms with E-state index in [-0.39, 0.29) is 5.91 Å². The second-order valence-electron chi connectivity index (χ2n) is 7.15. The zero-order valence-corrected chi connectivity index (χ0v) is 18.2. The number of amides is 1. The summed E-state index contributed by atoms with van der Waals surface area (Å²) in [5.41, 5.74) is 5.58. The van der Waals surface area contributed by atoms with Gasteiger partial charge >= 0.3 is 5.63 Å². The van der Waals surface area contributed by atoms with E-state index in [4.69, 9.17) is 4.42 Å². The van der Waals surface area contributed by atoms with Gasteiger partial charge in [-0.15, -0.1) is 0 Å². The number of para-hydroxylation sites is 2. The van der Waals surface area contributed by atoms with Crippen LogP contribution in [0.25, 0.3) is 33.1 Å². The van der Waals surface area contributed by atoms with Crippen LogP contribution in [-0.2, 0) is 0 Å². The lowest BCUT2D eigenvalue weighted by Crippen LogP contribution is -2.17. The number of carbonyl (C=O) groups excluding carboxylic acids is 1. The zero-order valence-electron chi connectivity index (χ0n) is 16.6. The highest BCUT2D eigenvalue weighted by molar-refractivity contribution is 9.10. The smallest absolute Gasteiger partial charge is 0.345 e. The van der Waals surface area contributed by atoms with E-state index in [2.05, 4.69) is 31.4 Å². The number of hydrogen-bond donors (Lipinski definition) is 2. The average Bonchev–Trinajstić information content (AvgIpc) is 3.17. The number of benzene rings is 3. The fourth-order valence-electron chi connectivity index (χ4n) is 3.60. The number of nitrogens with zero attached hydrogens (tertiary/aromatic N) is 1. The lowest BCUT2D eigenvalue weighted by molar-refractivity contribution is 0.0955. The number of rotatable bonds is 4. The van der Waals surface area contributed by atoms with Gasteiger partial charge in [-0.2, -0.15) is 5.10 Å². The van der Waals surface area contributed by atoms with Crippen LogP contribution in [0.15, 0.2) is 97.6 Å². The maximum Gasteiger partial charge on any atom is 0.345 e. The summed E-state index contributed by atoms with van der Waals surface area (Å²) in [5, 5.41) is 5.84. The van der Waals surface area contributed by atoms with Gasteiger partial charge in [0.25, 0.3) is 5.91 Å². The van der Waals surface area contributed by atoms with Crippen molar-refractivity contribution in [2.45, 2.75) is 0 Å². The van der Waals surface area contributed by atoms with Crippen molar-refractivity contribution >= 4 is 49.9 Å². The molecule has 156 valence electrons. The second kappa shape index (κ2) is 8.28. The first-order valence-corrected chi connectivity index (χ1v) is 10.6. The molecular formula is C25H16BrN3O3. The van der Waals surface area contributed by atoms with Crippen LogP contribution in [0.1, 0.15) is 15.9 Å². The van der Waals surface area contributed by atoms with Crippen molar-refractivity contribution in [1.29, 1.82) is 0 Å². The summed E-state index contributed by atoms with van der Waals surface area (Å²) in [6.07, 6.45) is 1.54. The molecule has 5 aromatic rings. The van der Waals surface area contributed by atoms with E-state index < -0.39 is 5.63 Å². The van der Waals surface area contributed by atoms with Crippen LogP contribution < -0.4 is 11.1 Å². The summed E-state index contributed by atoms with van der Waals surface area (Å²) >= 11 is 3.36. The summed E-state index contributed by atoms with van der Waals surface area (Å²) in [6, 6.07) is 23.8. The molecule has 2 N–H and O–H groups in total. The van der Waals surface area contributed by atoms with E-state index in [1.54, 1.807) is 36.5 Å². The predicted molar refractivity (Wildman–Crippen MR) is 129 cm³/mol. The molecule has 0 radical (unpaired) electrons. The van der Waals surface area contributed by atoms with E-state index in [1.807, 2.05) is 48.5 Å². The third-order valence-corrected chi connectivity index (χ3v) is 5.60. The van der Waals surface area contributed by atoms with Gasteiger partial charge in [0.2, 0.25) is 0 Å². The number of aromatic nitrogens is 1. The lowest BCUT2D eigenvalue weighted by Gasteiger charge is -2.03. The monoisotopic (exact) mass is 485 g/mol. The Morgan fingerprint density at radius 3 is 2.69 bits per heavy atom. The summed E-state index contributed by atoms with van der Waals surface area (Å²) in [5.74, 6) is -0.339. The highest BCUT2D eigenvalue weighted by Gasteiger charge is 2.16. The van der Waals surface area contributed by atoms with Crippen LogP contribution in [-0.4, -0.2) is 17.1 Å². The van der Waals surface area contributed by atoms with Crippen molar-refractivity contribution < 1.29 is 9.21 Å². The maximum atomic E-state index is 12.8. The first kappa shape index (κ1) is 20.0. The van der Waals surface area contributed by atoms with Gasteiger partial charge in [0.1, 0.15) is 5.58 Å². The third kappa shape index (κ3) is 3.74. The minimum Gasteiger partial charge on any atom is -0.422 e. The van der Waals surface area contributed by atoms with Gasteiger partial charge in [0, 0.05) is 31.9 Å². The number of nitrogens with one attached hydrogen (secondary N) is 2. The van der Waals surface area contributed by atoms with Gasteiger partial charge in [0.05, 0.1) is 17.5 Å².